The van der Waals surface area contributed by atoms with Crippen molar-refractivity contribution in [1.82, 2.24) is 5.32 Å². The summed E-state index contributed by atoms with van der Waals surface area (Å²) in [4.78, 5) is 0. The lowest BCUT2D eigenvalue weighted by Crippen LogP contribution is -2.20. The van der Waals surface area contributed by atoms with Gasteiger partial charge in [0.15, 0.2) is 0 Å². The van der Waals surface area contributed by atoms with Gasteiger partial charge in [-0.25, -0.2) is 0 Å². The maximum atomic E-state index is 6.12. The average molecular weight is 274 g/mol. The molecule has 0 amide bonds. The Morgan fingerprint density at radius 3 is 2.72 bits per heavy atom. The van der Waals surface area contributed by atoms with Gasteiger partial charge in [0, 0.05) is 30.8 Å². The molecule has 1 aromatic carbocycles. The Labute approximate surface area is 113 Å². The van der Waals surface area contributed by atoms with Gasteiger partial charge in [0.05, 0.1) is 26.9 Å². The van der Waals surface area contributed by atoms with E-state index in [9.17, 15) is 0 Å². The van der Waals surface area contributed by atoms with E-state index in [2.05, 4.69) is 5.32 Å². The van der Waals surface area contributed by atoms with Crippen LogP contribution in [0, 0.1) is 0 Å². The molecule has 0 spiro atoms. The highest BCUT2D eigenvalue weighted by Gasteiger charge is 2.06. The topological polar surface area (TPSA) is 39.7 Å². The summed E-state index contributed by atoms with van der Waals surface area (Å²) in [5.41, 5.74) is 0.971. The molecule has 0 unspecified atom stereocenters. The lowest BCUT2D eigenvalue weighted by molar-refractivity contribution is 0.0719. The van der Waals surface area contributed by atoms with Crippen LogP contribution in [0.25, 0.3) is 0 Å². The molecular formula is C13H20ClNO3. The molecule has 1 N–H and O–H groups in total. The largest absolute Gasteiger partial charge is 0.496 e. The van der Waals surface area contributed by atoms with E-state index in [4.69, 9.17) is 25.8 Å². The highest BCUT2D eigenvalue weighted by molar-refractivity contribution is 6.31. The zero-order valence-corrected chi connectivity index (χ0v) is 11.6. The van der Waals surface area contributed by atoms with Crippen LogP contribution >= 0.6 is 11.6 Å². The van der Waals surface area contributed by atoms with E-state index in [1.807, 2.05) is 18.2 Å². The van der Waals surface area contributed by atoms with Crippen molar-refractivity contribution in [2.75, 3.05) is 40.6 Å². The van der Waals surface area contributed by atoms with E-state index in [1.54, 1.807) is 14.2 Å². The van der Waals surface area contributed by atoms with Crippen LogP contribution in [0.1, 0.15) is 5.56 Å². The summed E-state index contributed by atoms with van der Waals surface area (Å²) in [5, 5.41) is 3.97. The summed E-state index contributed by atoms with van der Waals surface area (Å²) in [5.74, 6) is 0.801. The van der Waals surface area contributed by atoms with Crippen molar-refractivity contribution >= 4 is 11.6 Å². The molecule has 5 heteroatoms. The van der Waals surface area contributed by atoms with Gasteiger partial charge in [-0.05, 0) is 12.1 Å². The number of benzene rings is 1. The molecule has 4 nitrogen and oxygen atoms in total. The number of hydrogen-bond acceptors (Lipinski definition) is 4. The van der Waals surface area contributed by atoms with Gasteiger partial charge in [0.2, 0.25) is 0 Å². The second kappa shape index (κ2) is 9.16. The van der Waals surface area contributed by atoms with Crippen LogP contribution in [-0.4, -0.2) is 40.6 Å². The first-order valence-corrected chi connectivity index (χ1v) is 6.26. The first-order chi connectivity index (χ1) is 8.79. The molecular weight excluding hydrogens is 254 g/mol. The zero-order valence-electron chi connectivity index (χ0n) is 10.9. The minimum absolute atomic E-state index is 0.619. The second-order valence-corrected chi connectivity index (χ2v) is 4.11. The quantitative estimate of drug-likeness (QED) is 0.700. The molecule has 0 radical (unpaired) electrons. The van der Waals surface area contributed by atoms with E-state index in [0.29, 0.717) is 31.4 Å². The van der Waals surface area contributed by atoms with Crippen LogP contribution in [0.15, 0.2) is 18.2 Å². The Morgan fingerprint density at radius 2 is 2.00 bits per heavy atom. The van der Waals surface area contributed by atoms with E-state index >= 15 is 0 Å². The molecule has 18 heavy (non-hydrogen) atoms. The van der Waals surface area contributed by atoms with Crippen molar-refractivity contribution in [3.05, 3.63) is 28.8 Å². The summed E-state index contributed by atoms with van der Waals surface area (Å²) < 4.78 is 15.5. The van der Waals surface area contributed by atoms with Crippen molar-refractivity contribution in [3.63, 3.8) is 0 Å². The monoisotopic (exact) mass is 273 g/mol. The van der Waals surface area contributed by atoms with Crippen molar-refractivity contribution in [2.24, 2.45) is 0 Å². The van der Waals surface area contributed by atoms with Gasteiger partial charge in [-0.1, -0.05) is 17.7 Å². The number of hydrogen-bond donors (Lipinski definition) is 1. The Balaban J connectivity index is 2.26. The standard InChI is InChI=1S/C13H20ClNO3/c1-16-8-9-18-7-6-15-10-11-12(14)4-3-5-13(11)17-2/h3-5,15H,6-10H2,1-2H3. The van der Waals surface area contributed by atoms with Gasteiger partial charge in [0.1, 0.15) is 5.75 Å². The molecule has 0 aliphatic heterocycles. The molecule has 0 saturated carbocycles. The number of nitrogens with one attached hydrogen (secondary N) is 1. The normalized spacial score (nSPS) is 10.6. The molecule has 0 atom stereocenters. The van der Waals surface area contributed by atoms with Crippen LogP contribution in [0.5, 0.6) is 5.75 Å². The summed E-state index contributed by atoms with van der Waals surface area (Å²) in [6, 6.07) is 5.63. The van der Waals surface area contributed by atoms with E-state index in [1.165, 1.54) is 0 Å². The third-order valence-electron chi connectivity index (χ3n) is 2.45. The third-order valence-corrected chi connectivity index (χ3v) is 2.81. The number of halogens is 1. The van der Waals surface area contributed by atoms with Gasteiger partial charge in [0.25, 0.3) is 0 Å². The zero-order chi connectivity index (χ0) is 13.2. The van der Waals surface area contributed by atoms with Gasteiger partial charge in [-0.3, -0.25) is 0 Å². The molecule has 0 fully saturated rings. The van der Waals surface area contributed by atoms with Crippen LogP contribution < -0.4 is 10.1 Å². The second-order valence-electron chi connectivity index (χ2n) is 3.70. The minimum atomic E-state index is 0.619. The van der Waals surface area contributed by atoms with E-state index < -0.39 is 0 Å². The first kappa shape index (κ1) is 15.2. The predicted molar refractivity (Wildman–Crippen MR) is 72.4 cm³/mol. The Kier molecular flexibility index (Phi) is 7.76. The summed E-state index contributed by atoms with van der Waals surface area (Å²) in [6.45, 7) is 3.32. The Bertz CT molecular complexity index is 347. The third kappa shape index (κ3) is 5.23. The first-order valence-electron chi connectivity index (χ1n) is 5.88. The molecule has 102 valence electrons. The van der Waals surface area contributed by atoms with Crippen molar-refractivity contribution < 1.29 is 14.2 Å². The molecule has 0 aliphatic carbocycles. The lowest BCUT2D eigenvalue weighted by atomic mass is 10.2. The fourth-order valence-electron chi connectivity index (χ4n) is 1.50. The van der Waals surface area contributed by atoms with Crippen molar-refractivity contribution in [1.29, 1.82) is 0 Å². The Morgan fingerprint density at radius 1 is 1.17 bits per heavy atom. The Hall–Kier alpha value is -0.810. The maximum Gasteiger partial charge on any atom is 0.124 e. The van der Waals surface area contributed by atoms with E-state index in [-0.39, 0.29) is 0 Å². The summed E-state index contributed by atoms with van der Waals surface area (Å²) >= 11 is 6.12. The highest BCUT2D eigenvalue weighted by atomic mass is 35.5. The molecule has 0 heterocycles. The molecule has 1 aromatic rings. The molecule has 0 aliphatic rings. The van der Waals surface area contributed by atoms with Crippen LogP contribution in [-0.2, 0) is 16.0 Å². The average Bonchev–Trinajstić information content (AvgIpc) is 2.39. The predicted octanol–water partition coefficient (Wildman–Crippen LogP) is 2.10. The molecule has 0 bridgehead atoms. The summed E-state index contributed by atoms with van der Waals surface area (Å²) in [6.07, 6.45) is 0. The lowest BCUT2D eigenvalue weighted by Gasteiger charge is -2.11. The van der Waals surface area contributed by atoms with Gasteiger partial charge in [-0.15, -0.1) is 0 Å². The van der Waals surface area contributed by atoms with Gasteiger partial charge >= 0.3 is 0 Å². The van der Waals surface area contributed by atoms with E-state index in [0.717, 1.165) is 17.9 Å². The SMILES string of the molecule is COCCOCCNCc1c(Cl)cccc1OC. The van der Waals surface area contributed by atoms with Crippen LogP contribution in [0.2, 0.25) is 5.02 Å². The number of methoxy groups -OCH3 is 2. The van der Waals surface area contributed by atoms with Crippen LogP contribution in [0.3, 0.4) is 0 Å². The maximum absolute atomic E-state index is 6.12. The smallest absolute Gasteiger partial charge is 0.124 e. The number of rotatable bonds is 9. The van der Waals surface area contributed by atoms with Gasteiger partial charge < -0.3 is 19.5 Å². The van der Waals surface area contributed by atoms with Crippen LogP contribution in [0.4, 0.5) is 0 Å². The summed E-state index contributed by atoms with van der Waals surface area (Å²) in [7, 11) is 3.30. The van der Waals surface area contributed by atoms with Crippen molar-refractivity contribution in [2.45, 2.75) is 6.54 Å². The van der Waals surface area contributed by atoms with Crippen molar-refractivity contribution in [3.8, 4) is 5.75 Å². The molecule has 0 saturated heterocycles. The molecule has 1 rings (SSSR count). The fourth-order valence-corrected chi connectivity index (χ4v) is 1.74. The minimum Gasteiger partial charge on any atom is -0.496 e. The highest BCUT2D eigenvalue weighted by Crippen LogP contribution is 2.25. The van der Waals surface area contributed by atoms with Gasteiger partial charge in [-0.2, -0.15) is 0 Å². The molecule has 0 aromatic heterocycles. The fraction of sp³-hybridized carbons (Fsp3) is 0.538. The number of ether oxygens (including phenoxy) is 3.